The summed E-state index contributed by atoms with van der Waals surface area (Å²) in [7, 11) is 0. The number of furan rings is 1. The van der Waals surface area contributed by atoms with Crippen LogP contribution < -0.4 is 5.32 Å². The van der Waals surface area contributed by atoms with Gasteiger partial charge in [-0.15, -0.1) is 0 Å². The van der Waals surface area contributed by atoms with E-state index in [0.29, 0.717) is 5.92 Å². The van der Waals surface area contributed by atoms with Crippen LogP contribution in [-0.4, -0.2) is 17.8 Å². The normalized spacial score (nSPS) is 15.0. The molecule has 0 aliphatic carbocycles. The van der Waals surface area contributed by atoms with Gasteiger partial charge < -0.3 is 14.8 Å². The quantitative estimate of drug-likeness (QED) is 0.748. The predicted molar refractivity (Wildman–Crippen MR) is 65.3 cm³/mol. The summed E-state index contributed by atoms with van der Waals surface area (Å²) in [6.07, 6.45) is 1.57. The summed E-state index contributed by atoms with van der Waals surface area (Å²) < 4.78 is 5.58. The standard InChI is InChI=1S/C13H23NO2/c1-4-12-5-6-13(16-12)9-14-8-10(2)7-11(3)15/h5-6,10-11,14-15H,4,7-9H2,1-3H3. The van der Waals surface area contributed by atoms with Gasteiger partial charge in [0, 0.05) is 6.42 Å². The molecule has 0 aliphatic rings. The largest absolute Gasteiger partial charge is 0.465 e. The Morgan fingerprint density at radius 2 is 2.00 bits per heavy atom. The highest BCUT2D eigenvalue weighted by Crippen LogP contribution is 2.09. The molecule has 92 valence electrons. The lowest BCUT2D eigenvalue weighted by Crippen LogP contribution is -2.22. The summed E-state index contributed by atoms with van der Waals surface area (Å²) in [5.74, 6) is 2.51. The Bertz CT molecular complexity index is 294. The summed E-state index contributed by atoms with van der Waals surface area (Å²) >= 11 is 0. The number of aliphatic hydroxyl groups is 1. The molecule has 0 saturated heterocycles. The highest BCUT2D eigenvalue weighted by atomic mass is 16.3. The summed E-state index contributed by atoms with van der Waals surface area (Å²) in [5.41, 5.74) is 0. The summed E-state index contributed by atoms with van der Waals surface area (Å²) in [5, 5.41) is 12.6. The Hall–Kier alpha value is -0.800. The molecule has 2 unspecified atom stereocenters. The molecule has 1 aromatic heterocycles. The van der Waals surface area contributed by atoms with E-state index in [0.717, 1.165) is 37.5 Å². The second-order valence-corrected chi connectivity index (χ2v) is 4.54. The maximum Gasteiger partial charge on any atom is 0.117 e. The van der Waals surface area contributed by atoms with E-state index < -0.39 is 0 Å². The number of hydrogen-bond acceptors (Lipinski definition) is 3. The van der Waals surface area contributed by atoms with E-state index in [1.165, 1.54) is 0 Å². The van der Waals surface area contributed by atoms with Crippen LogP contribution in [0.4, 0.5) is 0 Å². The van der Waals surface area contributed by atoms with Crippen LogP contribution in [0.25, 0.3) is 0 Å². The Labute approximate surface area is 97.9 Å². The van der Waals surface area contributed by atoms with E-state index in [9.17, 15) is 5.11 Å². The van der Waals surface area contributed by atoms with Gasteiger partial charge in [0.2, 0.25) is 0 Å². The van der Waals surface area contributed by atoms with Crippen LogP contribution >= 0.6 is 0 Å². The third-order valence-corrected chi connectivity index (χ3v) is 2.60. The van der Waals surface area contributed by atoms with E-state index in [1.807, 2.05) is 19.1 Å². The van der Waals surface area contributed by atoms with E-state index in [4.69, 9.17) is 4.42 Å². The lowest BCUT2D eigenvalue weighted by Gasteiger charge is -2.13. The van der Waals surface area contributed by atoms with E-state index in [-0.39, 0.29) is 6.10 Å². The van der Waals surface area contributed by atoms with Gasteiger partial charge in [-0.3, -0.25) is 0 Å². The lowest BCUT2D eigenvalue weighted by atomic mass is 10.1. The first-order valence-corrected chi connectivity index (χ1v) is 6.08. The summed E-state index contributed by atoms with van der Waals surface area (Å²) in [6, 6.07) is 4.04. The fourth-order valence-electron chi connectivity index (χ4n) is 1.81. The fourth-order valence-corrected chi connectivity index (χ4v) is 1.81. The predicted octanol–water partition coefficient (Wildman–Crippen LogP) is 2.34. The molecule has 1 aromatic rings. The zero-order valence-corrected chi connectivity index (χ0v) is 10.5. The van der Waals surface area contributed by atoms with Gasteiger partial charge in [-0.1, -0.05) is 13.8 Å². The van der Waals surface area contributed by atoms with Crippen LogP contribution in [0, 0.1) is 5.92 Å². The highest BCUT2D eigenvalue weighted by Gasteiger charge is 2.06. The fraction of sp³-hybridized carbons (Fsp3) is 0.692. The third-order valence-electron chi connectivity index (χ3n) is 2.60. The lowest BCUT2D eigenvalue weighted by molar-refractivity contribution is 0.163. The average Bonchev–Trinajstić information content (AvgIpc) is 2.64. The number of nitrogens with one attached hydrogen (secondary N) is 1. The number of aryl methyl sites for hydroxylation is 1. The second-order valence-electron chi connectivity index (χ2n) is 4.54. The molecular weight excluding hydrogens is 202 g/mol. The SMILES string of the molecule is CCc1ccc(CNCC(C)CC(C)O)o1. The molecule has 0 aliphatic heterocycles. The van der Waals surface area contributed by atoms with Crippen molar-refractivity contribution in [3.63, 3.8) is 0 Å². The van der Waals surface area contributed by atoms with Crippen molar-refractivity contribution in [1.29, 1.82) is 0 Å². The molecule has 0 fully saturated rings. The van der Waals surface area contributed by atoms with E-state index in [2.05, 4.69) is 19.2 Å². The van der Waals surface area contributed by atoms with Gasteiger partial charge in [-0.25, -0.2) is 0 Å². The van der Waals surface area contributed by atoms with Gasteiger partial charge >= 0.3 is 0 Å². The van der Waals surface area contributed by atoms with Crippen LogP contribution in [0.2, 0.25) is 0 Å². The van der Waals surface area contributed by atoms with Gasteiger partial charge in [-0.05, 0) is 37.9 Å². The van der Waals surface area contributed by atoms with Crippen molar-refractivity contribution < 1.29 is 9.52 Å². The van der Waals surface area contributed by atoms with Crippen LogP contribution in [0.3, 0.4) is 0 Å². The summed E-state index contributed by atoms with van der Waals surface area (Å²) in [6.45, 7) is 7.73. The van der Waals surface area contributed by atoms with Crippen molar-refractivity contribution in [3.05, 3.63) is 23.7 Å². The maximum absolute atomic E-state index is 9.23. The molecule has 0 spiro atoms. The highest BCUT2D eigenvalue weighted by molar-refractivity contribution is 5.06. The molecule has 1 heterocycles. The second kappa shape index (κ2) is 6.71. The monoisotopic (exact) mass is 225 g/mol. The molecule has 3 heteroatoms. The molecule has 0 aromatic carbocycles. The van der Waals surface area contributed by atoms with Crippen molar-refractivity contribution in [2.75, 3.05) is 6.54 Å². The minimum atomic E-state index is -0.216. The van der Waals surface area contributed by atoms with Crippen molar-refractivity contribution in [1.82, 2.24) is 5.32 Å². The minimum Gasteiger partial charge on any atom is -0.465 e. The first kappa shape index (κ1) is 13.3. The Morgan fingerprint density at radius 3 is 2.56 bits per heavy atom. The van der Waals surface area contributed by atoms with Gasteiger partial charge in [0.25, 0.3) is 0 Å². The Balaban J connectivity index is 2.19. The van der Waals surface area contributed by atoms with Crippen molar-refractivity contribution in [2.24, 2.45) is 5.92 Å². The smallest absolute Gasteiger partial charge is 0.117 e. The topological polar surface area (TPSA) is 45.4 Å². The number of aliphatic hydroxyl groups excluding tert-OH is 1. The first-order chi connectivity index (χ1) is 7.61. The van der Waals surface area contributed by atoms with Gasteiger partial charge in [-0.2, -0.15) is 0 Å². The van der Waals surface area contributed by atoms with Crippen LogP contribution in [-0.2, 0) is 13.0 Å². The third kappa shape index (κ3) is 4.81. The van der Waals surface area contributed by atoms with Gasteiger partial charge in [0.1, 0.15) is 11.5 Å². The van der Waals surface area contributed by atoms with Crippen molar-refractivity contribution >= 4 is 0 Å². The molecule has 0 saturated carbocycles. The molecule has 3 nitrogen and oxygen atoms in total. The first-order valence-electron chi connectivity index (χ1n) is 6.08. The molecular formula is C13H23NO2. The average molecular weight is 225 g/mol. The zero-order chi connectivity index (χ0) is 12.0. The van der Waals surface area contributed by atoms with E-state index >= 15 is 0 Å². The van der Waals surface area contributed by atoms with Gasteiger partial charge in [0.05, 0.1) is 12.6 Å². The molecule has 0 bridgehead atoms. The van der Waals surface area contributed by atoms with Crippen molar-refractivity contribution in [2.45, 2.75) is 46.3 Å². The minimum absolute atomic E-state index is 0.216. The van der Waals surface area contributed by atoms with Gasteiger partial charge in [0.15, 0.2) is 0 Å². The number of rotatable bonds is 7. The molecule has 0 radical (unpaired) electrons. The summed E-state index contributed by atoms with van der Waals surface area (Å²) in [4.78, 5) is 0. The van der Waals surface area contributed by atoms with Crippen molar-refractivity contribution in [3.8, 4) is 0 Å². The Kier molecular flexibility index (Phi) is 5.56. The van der Waals surface area contributed by atoms with Crippen LogP contribution in [0.15, 0.2) is 16.5 Å². The maximum atomic E-state index is 9.23. The molecule has 2 atom stereocenters. The number of hydrogen-bond donors (Lipinski definition) is 2. The zero-order valence-electron chi connectivity index (χ0n) is 10.5. The molecule has 2 N–H and O–H groups in total. The molecule has 1 rings (SSSR count). The van der Waals surface area contributed by atoms with E-state index in [1.54, 1.807) is 0 Å². The Morgan fingerprint density at radius 1 is 1.31 bits per heavy atom. The van der Waals surface area contributed by atoms with Crippen LogP contribution in [0.5, 0.6) is 0 Å². The molecule has 16 heavy (non-hydrogen) atoms. The van der Waals surface area contributed by atoms with Crippen LogP contribution in [0.1, 0.15) is 38.7 Å². The molecule has 0 amide bonds.